The monoisotopic (exact) mass is 455 g/mol. The van der Waals surface area contributed by atoms with Crippen molar-refractivity contribution in [2.45, 2.75) is 26.5 Å². The van der Waals surface area contributed by atoms with Gasteiger partial charge in [-0.25, -0.2) is 15.6 Å². The Hall–Kier alpha value is -4.12. The third-order valence-corrected chi connectivity index (χ3v) is 4.91. The first-order valence-electron chi connectivity index (χ1n) is 10.1. The molecular formula is C22H25N5O6. The molecule has 2 aromatic carbocycles. The van der Waals surface area contributed by atoms with Crippen molar-refractivity contribution in [2.75, 3.05) is 13.7 Å². The highest BCUT2D eigenvalue weighted by atomic mass is 16.6. The van der Waals surface area contributed by atoms with E-state index in [9.17, 15) is 14.9 Å². The number of nitrogens with zero attached hydrogens (tertiary/aromatic N) is 2. The molecule has 11 heteroatoms. The van der Waals surface area contributed by atoms with Crippen molar-refractivity contribution >= 4 is 17.6 Å². The highest BCUT2D eigenvalue weighted by Crippen LogP contribution is 2.42. The number of carbonyl (C=O) groups excluding carboxylic acids is 1. The molecule has 3 rings (SSSR count). The van der Waals surface area contributed by atoms with Crippen molar-refractivity contribution in [3.8, 4) is 11.5 Å². The Balaban J connectivity index is 2.09. The van der Waals surface area contributed by atoms with Gasteiger partial charge in [0.25, 0.3) is 5.69 Å². The fourth-order valence-electron chi connectivity index (χ4n) is 3.40. The molecule has 0 radical (unpaired) electrons. The van der Waals surface area contributed by atoms with Gasteiger partial charge in [-0.05, 0) is 25.5 Å². The van der Waals surface area contributed by atoms with Gasteiger partial charge >= 0.3 is 5.97 Å². The van der Waals surface area contributed by atoms with Crippen LogP contribution in [-0.4, -0.2) is 30.6 Å². The van der Waals surface area contributed by atoms with E-state index in [0.29, 0.717) is 5.70 Å². The fraction of sp³-hybridized carbons (Fsp3) is 0.273. The number of guanidine groups is 1. The van der Waals surface area contributed by atoms with Crippen molar-refractivity contribution < 1.29 is 23.9 Å². The normalized spacial score (nSPS) is 15.3. The molecule has 174 valence electrons. The zero-order valence-corrected chi connectivity index (χ0v) is 18.5. The summed E-state index contributed by atoms with van der Waals surface area (Å²) in [6.45, 7) is 3.62. The molecule has 0 fully saturated rings. The van der Waals surface area contributed by atoms with Crippen molar-refractivity contribution in [3.05, 3.63) is 75.0 Å². The number of hydrogen-bond acceptors (Lipinski definition) is 10. The maximum absolute atomic E-state index is 12.7. The average molecular weight is 455 g/mol. The van der Waals surface area contributed by atoms with Crippen LogP contribution in [0.5, 0.6) is 11.5 Å². The molecule has 0 bridgehead atoms. The van der Waals surface area contributed by atoms with E-state index >= 15 is 0 Å². The standard InChI is InChI=1S/C22H25N5O6/c1-4-32-21(28)19-13(2)24-22(26-23)25-20(19)15-10-17(31-3)18(11-16(15)27(29)30)33-12-14-8-6-5-7-9-14/h5-11,20H,4,12,23H2,1-3H3,(H2,24,25,26)/t20-/m1/s1. The van der Waals surface area contributed by atoms with E-state index in [1.807, 2.05) is 30.3 Å². The Labute approximate surface area is 190 Å². The Morgan fingerprint density at radius 3 is 2.61 bits per heavy atom. The summed E-state index contributed by atoms with van der Waals surface area (Å²) in [6, 6.07) is 11.0. The number of allylic oxidation sites excluding steroid dienone is 1. The van der Waals surface area contributed by atoms with Gasteiger partial charge in [0.15, 0.2) is 11.5 Å². The molecular weight excluding hydrogens is 430 g/mol. The van der Waals surface area contributed by atoms with Gasteiger partial charge in [0.2, 0.25) is 5.96 Å². The zero-order valence-electron chi connectivity index (χ0n) is 18.5. The molecule has 1 aliphatic rings. The molecule has 2 aromatic rings. The van der Waals surface area contributed by atoms with E-state index in [4.69, 9.17) is 20.1 Å². The van der Waals surface area contributed by atoms with Crippen LogP contribution in [0, 0.1) is 10.1 Å². The highest BCUT2D eigenvalue weighted by molar-refractivity contribution is 5.95. The Kier molecular flexibility index (Phi) is 7.46. The Morgan fingerprint density at radius 1 is 1.27 bits per heavy atom. The van der Waals surface area contributed by atoms with E-state index < -0.39 is 16.9 Å². The van der Waals surface area contributed by atoms with Crippen molar-refractivity contribution in [3.63, 3.8) is 0 Å². The summed E-state index contributed by atoms with van der Waals surface area (Å²) in [5.74, 6) is 5.43. The lowest BCUT2D eigenvalue weighted by atomic mass is 9.94. The number of nitrogens with one attached hydrogen (secondary N) is 2. The van der Waals surface area contributed by atoms with Gasteiger partial charge in [-0.15, -0.1) is 0 Å². The summed E-state index contributed by atoms with van der Waals surface area (Å²) < 4.78 is 16.4. The maximum atomic E-state index is 12.7. The number of hydrazine groups is 1. The summed E-state index contributed by atoms with van der Waals surface area (Å²) in [5, 5.41) is 14.8. The van der Waals surface area contributed by atoms with Gasteiger partial charge in [0.1, 0.15) is 12.6 Å². The summed E-state index contributed by atoms with van der Waals surface area (Å²) in [4.78, 5) is 28.5. The molecule has 1 atom stereocenters. The number of hydrogen-bond donors (Lipinski definition) is 3. The number of nitrogens with two attached hydrogens (primary N) is 1. The average Bonchev–Trinajstić information content (AvgIpc) is 2.82. The highest BCUT2D eigenvalue weighted by Gasteiger charge is 2.35. The Bertz CT molecular complexity index is 1100. The minimum atomic E-state index is -1.06. The summed E-state index contributed by atoms with van der Waals surface area (Å²) in [6.07, 6.45) is 0. The number of carbonyl (C=O) groups is 1. The van der Waals surface area contributed by atoms with E-state index in [-0.39, 0.29) is 47.5 Å². The van der Waals surface area contributed by atoms with E-state index in [2.05, 4.69) is 15.7 Å². The Morgan fingerprint density at radius 2 is 2.00 bits per heavy atom. The number of nitro benzene ring substituents is 1. The van der Waals surface area contributed by atoms with Gasteiger partial charge in [0, 0.05) is 5.70 Å². The molecule has 0 unspecified atom stereocenters. The SMILES string of the molecule is CCOC(=O)C1=C(C)NC(NN)=N[C@@H]1c1cc(OC)c(OCc2ccccc2)cc1[N+](=O)[O-]. The van der Waals surface area contributed by atoms with Crippen LogP contribution in [0.1, 0.15) is 31.0 Å². The molecule has 11 nitrogen and oxygen atoms in total. The first-order valence-corrected chi connectivity index (χ1v) is 10.1. The van der Waals surface area contributed by atoms with Crippen LogP contribution in [0.3, 0.4) is 0 Å². The lowest BCUT2D eigenvalue weighted by molar-refractivity contribution is -0.385. The predicted molar refractivity (Wildman–Crippen MR) is 120 cm³/mol. The van der Waals surface area contributed by atoms with Gasteiger partial charge in [-0.2, -0.15) is 0 Å². The van der Waals surface area contributed by atoms with Crippen molar-refractivity contribution in [1.82, 2.24) is 10.7 Å². The van der Waals surface area contributed by atoms with Crippen molar-refractivity contribution in [1.29, 1.82) is 0 Å². The molecule has 0 saturated carbocycles. The zero-order chi connectivity index (χ0) is 24.0. The lowest BCUT2D eigenvalue weighted by Gasteiger charge is -2.26. The van der Waals surface area contributed by atoms with E-state index in [1.165, 1.54) is 19.2 Å². The largest absolute Gasteiger partial charge is 0.493 e. The molecule has 0 amide bonds. The van der Waals surface area contributed by atoms with Crippen LogP contribution in [0.4, 0.5) is 5.69 Å². The molecule has 0 spiro atoms. The fourth-order valence-corrected chi connectivity index (χ4v) is 3.40. The maximum Gasteiger partial charge on any atom is 0.338 e. The molecule has 0 aliphatic carbocycles. The molecule has 4 N–H and O–H groups in total. The van der Waals surface area contributed by atoms with Crippen LogP contribution in [0.15, 0.2) is 58.7 Å². The van der Waals surface area contributed by atoms with Crippen LogP contribution < -0.4 is 26.1 Å². The number of methoxy groups -OCH3 is 1. The number of benzene rings is 2. The van der Waals surface area contributed by atoms with Crippen LogP contribution in [0.25, 0.3) is 0 Å². The first kappa shape index (κ1) is 23.5. The minimum Gasteiger partial charge on any atom is -0.493 e. The van der Waals surface area contributed by atoms with E-state index in [1.54, 1.807) is 13.8 Å². The second kappa shape index (κ2) is 10.5. The van der Waals surface area contributed by atoms with Gasteiger partial charge in [0.05, 0.1) is 35.8 Å². The smallest absolute Gasteiger partial charge is 0.338 e. The third-order valence-electron chi connectivity index (χ3n) is 4.91. The number of ether oxygens (including phenoxy) is 3. The lowest BCUT2D eigenvalue weighted by Crippen LogP contribution is -2.44. The second-order valence-electron chi connectivity index (χ2n) is 7.00. The quantitative estimate of drug-likeness (QED) is 0.236. The van der Waals surface area contributed by atoms with Crippen LogP contribution in [-0.2, 0) is 16.1 Å². The van der Waals surface area contributed by atoms with Gasteiger partial charge in [-0.3, -0.25) is 15.5 Å². The summed E-state index contributed by atoms with van der Waals surface area (Å²) in [7, 11) is 1.42. The molecule has 1 heterocycles. The topological polar surface area (TPSA) is 150 Å². The van der Waals surface area contributed by atoms with Gasteiger partial charge in [-0.1, -0.05) is 30.3 Å². The number of aliphatic imine (C=N–C) groups is 1. The number of nitro groups is 1. The van der Waals surface area contributed by atoms with Crippen LogP contribution >= 0.6 is 0 Å². The molecule has 0 aromatic heterocycles. The third kappa shape index (κ3) is 5.21. The number of esters is 1. The van der Waals surface area contributed by atoms with Gasteiger partial charge < -0.3 is 19.5 Å². The molecule has 1 aliphatic heterocycles. The second-order valence-corrected chi connectivity index (χ2v) is 7.00. The molecule has 0 saturated heterocycles. The molecule has 33 heavy (non-hydrogen) atoms. The van der Waals surface area contributed by atoms with Crippen molar-refractivity contribution in [2.24, 2.45) is 10.8 Å². The van der Waals surface area contributed by atoms with Crippen LogP contribution in [0.2, 0.25) is 0 Å². The van der Waals surface area contributed by atoms with E-state index in [0.717, 1.165) is 5.56 Å². The number of rotatable bonds is 8. The minimum absolute atomic E-state index is 0.124. The summed E-state index contributed by atoms with van der Waals surface area (Å²) >= 11 is 0. The first-order chi connectivity index (χ1) is 15.9. The summed E-state index contributed by atoms with van der Waals surface area (Å²) in [5.41, 5.74) is 3.62. The predicted octanol–water partition coefficient (Wildman–Crippen LogP) is 2.48.